The summed E-state index contributed by atoms with van der Waals surface area (Å²) in [5.41, 5.74) is -0.00694. The molecule has 0 saturated carbocycles. The van der Waals surface area contributed by atoms with E-state index in [1.807, 2.05) is 0 Å². The maximum atomic E-state index is 10.7. The van der Waals surface area contributed by atoms with E-state index in [4.69, 9.17) is 0 Å². The van der Waals surface area contributed by atoms with Crippen molar-refractivity contribution in [2.24, 2.45) is 4.40 Å². The summed E-state index contributed by atoms with van der Waals surface area (Å²) in [7, 11) is -2.17. The largest absolute Gasteiger partial charge is 0.465 e. The first kappa shape index (κ1) is 8.19. The Kier molecular flexibility index (Phi) is 1.95. The van der Waals surface area contributed by atoms with Crippen LogP contribution in [0.25, 0.3) is 0 Å². The van der Waals surface area contributed by atoms with Gasteiger partial charge in [0.1, 0.15) is 5.71 Å². The summed E-state index contributed by atoms with van der Waals surface area (Å²) < 4.78 is 28.8. The van der Waals surface area contributed by atoms with Crippen LogP contribution in [0, 0.1) is 0 Å². The van der Waals surface area contributed by atoms with E-state index in [9.17, 15) is 13.2 Å². The van der Waals surface area contributed by atoms with Gasteiger partial charge in [-0.05, 0) is 0 Å². The van der Waals surface area contributed by atoms with Gasteiger partial charge in [0.2, 0.25) is 0 Å². The minimum absolute atomic E-state index is 0.00694. The minimum atomic E-state index is -3.36. The summed E-state index contributed by atoms with van der Waals surface area (Å²) in [6.07, 6.45) is 0.162. The molecule has 0 atom stereocenters. The second-order valence-electron chi connectivity index (χ2n) is 2.07. The Hall–Kier alpha value is -0.910. The van der Waals surface area contributed by atoms with Gasteiger partial charge in [-0.15, -0.1) is 0 Å². The zero-order valence-electron chi connectivity index (χ0n) is 5.90. The third kappa shape index (κ3) is 1.76. The molecule has 0 bridgehead atoms. The summed E-state index contributed by atoms with van der Waals surface area (Å²) in [6, 6.07) is 0. The van der Waals surface area contributed by atoms with Crippen LogP contribution >= 0.6 is 0 Å². The summed E-state index contributed by atoms with van der Waals surface area (Å²) >= 11 is 0. The molecule has 1 aliphatic rings. The summed E-state index contributed by atoms with van der Waals surface area (Å²) in [5, 5.41) is 0. The highest BCUT2D eigenvalue weighted by atomic mass is 32.2. The Balaban J connectivity index is 2.87. The Morgan fingerprint density at radius 3 is 2.64 bits per heavy atom. The Labute approximate surface area is 64.1 Å². The van der Waals surface area contributed by atoms with Gasteiger partial charge in [-0.25, -0.2) is 13.2 Å². The molecule has 0 N–H and O–H groups in total. The molecule has 5 nitrogen and oxygen atoms in total. The van der Waals surface area contributed by atoms with Gasteiger partial charge >= 0.3 is 5.97 Å². The smallest absolute Gasteiger partial charge is 0.353 e. The van der Waals surface area contributed by atoms with Crippen molar-refractivity contribution < 1.29 is 17.9 Å². The van der Waals surface area contributed by atoms with Crippen molar-refractivity contribution in [3.05, 3.63) is 0 Å². The van der Waals surface area contributed by atoms with Crippen molar-refractivity contribution in [1.29, 1.82) is 0 Å². The first-order chi connectivity index (χ1) is 5.05. The monoisotopic (exact) mass is 177 g/mol. The van der Waals surface area contributed by atoms with Crippen LogP contribution < -0.4 is 0 Å². The van der Waals surface area contributed by atoms with E-state index in [2.05, 4.69) is 9.13 Å². The molecular weight excluding hydrogens is 170 g/mol. The number of ether oxygens (including phenoxy) is 1. The van der Waals surface area contributed by atoms with Crippen LogP contribution in [0.15, 0.2) is 4.40 Å². The van der Waals surface area contributed by atoms with Crippen LogP contribution in [0.3, 0.4) is 0 Å². The van der Waals surface area contributed by atoms with E-state index >= 15 is 0 Å². The molecular formula is C5H7NO4S. The van der Waals surface area contributed by atoms with Crippen LogP contribution in [-0.4, -0.2) is 33.0 Å². The van der Waals surface area contributed by atoms with Gasteiger partial charge in [-0.2, -0.15) is 4.40 Å². The molecule has 0 saturated heterocycles. The molecule has 0 unspecified atom stereocenters. The fraction of sp³-hybridized carbons (Fsp3) is 0.600. The van der Waals surface area contributed by atoms with Crippen LogP contribution in [0.5, 0.6) is 0 Å². The van der Waals surface area contributed by atoms with E-state index < -0.39 is 16.0 Å². The second-order valence-corrected chi connectivity index (χ2v) is 3.82. The molecule has 0 aromatic carbocycles. The summed E-state index contributed by atoms with van der Waals surface area (Å²) in [6.45, 7) is 0. The number of carbonyl (C=O) groups excluding carboxylic acids is 1. The number of hydrogen-bond donors (Lipinski definition) is 0. The van der Waals surface area contributed by atoms with Crippen LogP contribution in [0.2, 0.25) is 0 Å². The number of carbonyl (C=O) groups is 1. The van der Waals surface area contributed by atoms with Gasteiger partial charge in [-0.1, -0.05) is 0 Å². The molecule has 0 spiro atoms. The van der Waals surface area contributed by atoms with Crippen molar-refractivity contribution in [3.63, 3.8) is 0 Å². The van der Waals surface area contributed by atoms with Gasteiger partial charge in [-0.3, -0.25) is 0 Å². The van der Waals surface area contributed by atoms with Crippen molar-refractivity contribution in [2.45, 2.75) is 6.42 Å². The van der Waals surface area contributed by atoms with Gasteiger partial charge in [0.05, 0.1) is 12.9 Å². The van der Waals surface area contributed by atoms with Crippen molar-refractivity contribution in [2.75, 3.05) is 12.9 Å². The van der Waals surface area contributed by atoms with Crippen molar-refractivity contribution in [3.8, 4) is 0 Å². The third-order valence-corrected chi connectivity index (χ3v) is 2.49. The van der Waals surface area contributed by atoms with E-state index in [0.717, 1.165) is 0 Å². The van der Waals surface area contributed by atoms with Gasteiger partial charge < -0.3 is 4.74 Å². The van der Waals surface area contributed by atoms with Crippen molar-refractivity contribution in [1.82, 2.24) is 0 Å². The second kappa shape index (κ2) is 2.61. The SMILES string of the molecule is COC(=O)C1=NS(=O)(=O)CC1. The summed E-state index contributed by atoms with van der Waals surface area (Å²) in [5.74, 6) is -0.747. The first-order valence-electron chi connectivity index (χ1n) is 2.95. The molecule has 1 rings (SSSR count). The fourth-order valence-corrected chi connectivity index (χ4v) is 1.79. The topological polar surface area (TPSA) is 72.8 Å². The number of sulfonamides is 1. The molecule has 0 aromatic rings. The Morgan fingerprint density at radius 2 is 2.27 bits per heavy atom. The zero-order chi connectivity index (χ0) is 8.48. The highest BCUT2D eigenvalue weighted by Crippen LogP contribution is 2.08. The zero-order valence-corrected chi connectivity index (χ0v) is 6.72. The number of nitrogens with zero attached hydrogens (tertiary/aromatic N) is 1. The average molecular weight is 177 g/mol. The molecule has 62 valence electrons. The average Bonchev–Trinajstić information content (AvgIpc) is 2.29. The quantitative estimate of drug-likeness (QED) is 0.498. The number of esters is 1. The van der Waals surface area contributed by atoms with Crippen LogP contribution in [0.4, 0.5) is 0 Å². The molecule has 1 heterocycles. The number of hydrogen-bond acceptors (Lipinski definition) is 4. The van der Waals surface area contributed by atoms with Crippen molar-refractivity contribution >= 4 is 21.7 Å². The standard InChI is InChI=1S/C5H7NO4S/c1-10-5(7)4-2-3-11(8,9)6-4/h2-3H2,1H3. The fourth-order valence-electron chi connectivity index (χ4n) is 0.742. The predicted molar refractivity (Wildman–Crippen MR) is 37.9 cm³/mol. The van der Waals surface area contributed by atoms with Gasteiger partial charge in [0.15, 0.2) is 0 Å². The first-order valence-corrected chi connectivity index (χ1v) is 4.56. The highest BCUT2D eigenvalue weighted by Gasteiger charge is 2.25. The Bertz CT molecular complexity index is 302. The molecule has 0 aromatic heterocycles. The lowest BCUT2D eigenvalue weighted by atomic mass is 10.3. The lowest BCUT2D eigenvalue weighted by Gasteiger charge is -1.92. The molecule has 1 aliphatic heterocycles. The van der Waals surface area contributed by atoms with Crippen LogP contribution in [-0.2, 0) is 19.6 Å². The van der Waals surface area contributed by atoms with E-state index in [1.165, 1.54) is 7.11 Å². The number of methoxy groups -OCH3 is 1. The third-order valence-electron chi connectivity index (χ3n) is 1.27. The minimum Gasteiger partial charge on any atom is -0.465 e. The molecule has 11 heavy (non-hydrogen) atoms. The highest BCUT2D eigenvalue weighted by molar-refractivity contribution is 7.90. The molecule has 0 fully saturated rings. The molecule has 0 aliphatic carbocycles. The normalized spacial score (nSPS) is 21.0. The van der Waals surface area contributed by atoms with Gasteiger partial charge in [0.25, 0.3) is 10.0 Å². The van der Waals surface area contributed by atoms with Crippen LogP contribution in [0.1, 0.15) is 6.42 Å². The lowest BCUT2D eigenvalue weighted by Crippen LogP contribution is -2.12. The maximum absolute atomic E-state index is 10.7. The molecule has 0 radical (unpaired) electrons. The number of rotatable bonds is 1. The van der Waals surface area contributed by atoms with E-state index in [-0.39, 0.29) is 17.9 Å². The predicted octanol–water partition coefficient (Wildman–Crippen LogP) is -0.666. The van der Waals surface area contributed by atoms with E-state index in [1.54, 1.807) is 0 Å². The lowest BCUT2D eigenvalue weighted by molar-refractivity contribution is -0.132. The maximum Gasteiger partial charge on any atom is 0.353 e. The Morgan fingerprint density at radius 1 is 1.64 bits per heavy atom. The van der Waals surface area contributed by atoms with Gasteiger partial charge in [0, 0.05) is 6.42 Å². The molecule has 0 amide bonds. The van der Waals surface area contributed by atoms with E-state index in [0.29, 0.717) is 0 Å². The molecule has 6 heteroatoms. The summed E-state index contributed by atoms with van der Waals surface area (Å²) in [4.78, 5) is 10.7.